The Balaban J connectivity index is 1.45. The number of nitrogens with zero attached hydrogens (tertiary/aromatic N) is 1. The van der Waals surface area contributed by atoms with Gasteiger partial charge in [0.15, 0.2) is 0 Å². The minimum Gasteiger partial charge on any atom is -0.326 e. The number of H-pyrrole nitrogens is 1. The summed E-state index contributed by atoms with van der Waals surface area (Å²) < 4.78 is 40.0. The normalized spacial score (nSPS) is 18.3. The summed E-state index contributed by atoms with van der Waals surface area (Å²) in [5, 5.41) is 0. The van der Waals surface area contributed by atoms with E-state index in [1.807, 2.05) is 24.3 Å². The third-order valence-corrected chi connectivity index (χ3v) is 6.31. The molecule has 1 N–H and O–H groups in total. The van der Waals surface area contributed by atoms with Crippen molar-refractivity contribution in [2.45, 2.75) is 57.7 Å². The van der Waals surface area contributed by atoms with Gasteiger partial charge in [0.25, 0.3) is 5.56 Å². The maximum absolute atomic E-state index is 13.3. The van der Waals surface area contributed by atoms with Crippen LogP contribution in [-0.4, -0.2) is 29.0 Å². The first-order valence-electron chi connectivity index (χ1n) is 10.6. The SMILES string of the molecule is Cc1cc(Cc2ccc(C=C3CCN(C4CCC4)CC3)cc2)c(C(F)(F)F)c(=O)[nH]1. The molecule has 1 saturated carbocycles. The van der Waals surface area contributed by atoms with Crippen molar-refractivity contribution in [1.29, 1.82) is 0 Å². The fraction of sp³-hybridized carbons (Fsp3) is 0.458. The van der Waals surface area contributed by atoms with E-state index in [-0.39, 0.29) is 12.0 Å². The molecule has 1 aromatic carbocycles. The van der Waals surface area contributed by atoms with E-state index in [2.05, 4.69) is 16.0 Å². The first-order valence-corrected chi connectivity index (χ1v) is 10.6. The van der Waals surface area contributed by atoms with Gasteiger partial charge in [-0.2, -0.15) is 13.2 Å². The number of alkyl halides is 3. The Morgan fingerprint density at radius 1 is 1.13 bits per heavy atom. The molecule has 6 heteroatoms. The van der Waals surface area contributed by atoms with Crippen LogP contribution < -0.4 is 5.56 Å². The number of aryl methyl sites for hydroxylation is 1. The van der Waals surface area contributed by atoms with Crippen LogP contribution in [0.15, 0.2) is 40.7 Å². The summed E-state index contributed by atoms with van der Waals surface area (Å²) in [4.78, 5) is 16.7. The van der Waals surface area contributed by atoms with Gasteiger partial charge in [-0.3, -0.25) is 9.69 Å². The molecule has 0 radical (unpaired) electrons. The number of aromatic nitrogens is 1. The summed E-state index contributed by atoms with van der Waals surface area (Å²) in [5.74, 6) is 0. The molecular weight excluding hydrogens is 389 g/mol. The van der Waals surface area contributed by atoms with E-state index < -0.39 is 17.3 Å². The zero-order chi connectivity index (χ0) is 21.3. The summed E-state index contributed by atoms with van der Waals surface area (Å²) in [5.41, 5.74) is 1.53. The van der Waals surface area contributed by atoms with Gasteiger partial charge in [0.1, 0.15) is 5.56 Å². The topological polar surface area (TPSA) is 36.1 Å². The number of aromatic amines is 1. The standard InChI is InChI=1S/C24H27F3N2O/c1-16-13-20(22(23(30)28-16)24(25,26)27)15-18-7-5-17(6-8-18)14-19-9-11-29(12-10-19)21-3-2-4-21/h5-8,13-14,21H,2-4,9-12,15H2,1H3,(H,28,30). The number of nitrogens with one attached hydrogen (secondary N) is 1. The Kier molecular flexibility index (Phi) is 5.87. The Morgan fingerprint density at radius 3 is 2.37 bits per heavy atom. The summed E-state index contributed by atoms with van der Waals surface area (Å²) in [6, 6.07) is 9.82. The van der Waals surface area contributed by atoms with Crippen LogP contribution in [0.3, 0.4) is 0 Å². The summed E-state index contributed by atoms with van der Waals surface area (Å²) in [6.45, 7) is 3.84. The van der Waals surface area contributed by atoms with Crippen LogP contribution in [0.25, 0.3) is 6.08 Å². The first kappa shape index (κ1) is 20.9. The summed E-state index contributed by atoms with van der Waals surface area (Å²) in [6.07, 6.45) is 3.81. The molecule has 0 unspecified atom stereocenters. The molecule has 1 aliphatic heterocycles. The van der Waals surface area contributed by atoms with Gasteiger partial charge in [-0.25, -0.2) is 0 Å². The Hall–Kier alpha value is -2.34. The van der Waals surface area contributed by atoms with Crippen LogP contribution in [0.2, 0.25) is 0 Å². The number of benzene rings is 1. The molecule has 1 aromatic heterocycles. The molecule has 1 saturated heterocycles. The highest BCUT2D eigenvalue weighted by atomic mass is 19.4. The van der Waals surface area contributed by atoms with Crippen molar-refractivity contribution in [3.8, 4) is 0 Å². The van der Waals surface area contributed by atoms with E-state index >= 15 is 0 Å². The smallest absolute Gasteiger partial charge is 0.326 e. The molecular formula is C24H27F3N2O. The zero-order valence-electron chi connectivity index (χ0n) is 17.2. The second-order valence-electron chi connectivity index (χ2n) is 8.52. The van der Waals surface area contributed by atoms with Crippen molar-refractivity contribution in [1.82, 2.24) is 9.88 Å². The zero-order valence-corrected chi connectivity index (χ0v) is 17.2. The molecule has 0 bridgehead atoms. The largest absolute Gasteiger partial charge is 0.421 e. The second-order valence-corrected chi connectivity index (χ2v) is 8.52. The molecule has 2 fully saturated rings. The molecule has 160 valence electrons. The van der Waals surface area contributed by atoms with Crippen LogP contribution in [0.5, 0.6) is 0 Å². The van der Waals surface area contributed by atoms with Crippen LogP contribution in [0.4, 0.5) is 13.2 Å². The minimum absolute atomic E-state index is 0.0122. The summed E-state index contributed by atoms with van der Waals surface area (Å²) >= 11 is 0. The fourth-order valence-corrected chi connectivity index (χ4v) is 4.47. The molecule has 30 heavy (non-hydrogen) atoms. The van der Waals surface area contributed by atoms with Crippen molar-refractivity contribution in [3.05, 3.63) is 74.2 Å². The molecule has 2 heterocycles. The Labute approximate surface area is 174 Å². The number of piperidine rings is 1. The third-order valence-electron chi connectivity index (χ3n) is 6.31. The lowest BCUT2D eigenvalue weighted by Crippen LogP contribution is -2.43. The molecule has 2 aromatic rings. The average molecular weight is 416 g/mol. The highest BCUT2D eigenvalue weighted by molar-refractivity contribution is 5.54. The lowest BCUT2D eigenvalue weighted by atomic mass is 9.89. The van der Waals surface area contributed by atoms with Gasteiger partial charge in [0.05, 0.1) is 0 Å². The van der Waals surface area contributed by atoms with E-state index in [1.54, 1.807) is 6.92 Å². The number of hydrogen-bond donors (Lipinski definition) is 1. The van der Waals surface area contributed by atoms with Gasteiger partial charge >= 0.3 is 6.18 Å². The maximum atomic E-state index is 13.3. The van der Waals surface area contributed by atoms with E-state index in [0.717, 1.165) is 43.1 Å². The molecule has 1 aliphatic carbocycles. The van der Waals surface area contributed by atoms with Gasteiger partial charge in [-0.05, 0) is 61.8 Å². The Morgan fingerprint density at radius 2 is 1.80 bits per heavy atom. The van der Waals surface area contributed by atoms with Gasteiger partial charge < -0.3 is 4.98 Å². The number of rotatable bonds is 4. The minimum atomic E-state index is -4.67. The lowest BCUT2D eigenvalue weighted by Gasteiger charge is -2.40. The number of likely N-dealkylation sites (tertiary alicyclic amines) is 1. The molecule has 2 aliphatic rings. The molecule has 0 atom stereocenters. The van der Waals surface area contributed by atoms with Crippen molar-refractivity contribution < 1.29 is 13.2 Å². The number of hydrogen-bond acceptors (Lipinski definition) is 2. The maximum Gasteiger partial charge on any atom is 0.421 e. The molecule has 0 spiro atoms. The van der Waals surface area contributed by atoms with Crippen molar-refractivity contribution in [2.75, 3.05) is 13.1 Å². The highest BCUT2D eigenvalue weighted by Crippen LogP contribution is 2.31. The van der Waals surface area contributed by atoms with E-state index in [0.29, 0.717) is 5.69 Å². The van der Waals surface area contributed by atoms with Gasteiger partial charge in [0.2, 0.25) is 0 Å². The van der Waals surface area contributed by atoms with Crippen LogP contribution >= 0.6 is 0 Å². The van der Waals surface area contributed by atoms with Crippen molar-refractivity contribution >= 4 is 6.08 Å². The predicted octanol–water partition coefficient (Wildman–Crippen LogP) is 5.32. The van der Waals surface area contributed by atoms with E-state index in [1.165, 1.54) is 30.9 Å². The lowest BCUT2D eigenvalue weighted by molar-refractivity contribution is -0.139. The van der Waals surface area contributed by atoms with Crippen molar-refractivity contribution in [3.63, 3.8) is 0 Å². The van der Waals surface area contributed by atoms with Gasteiger partial charge in [-0.15, -0.1) is 0 Å². The van der Waals surface area contributed by atoms with E-state index in [9.17, 15) is 18.0 Å². The fourth-order valence-electron chi connectivity index (χ4n) is 4.47. The quantitative estimate of drug-likeness (QED) is 0.732. The predicted molar refractivity (Wildman–Crippen MR) is 112 cm³/mol. The number of halogens is 3. The molecule has 0 amide bonds. The first-order chi connectivity index (χ1) is 14.3. The average Bonchev–Trinajstić information content (AvgIpc) is 2.62. The Bertz CT molecular complexity index is 975. The monoisotopic (exact) mass is 416 g/mol. The van der Waals surface area contributed by atoms with Crippen LogP contribution in [-0.2, 0) is 12.6 Å². The summed E-state index contributed by atoms with van der Waals surface area (Å²) in [7, 11) is 0. The second kappa shape index (κ2) is 8.42. The highest BCUT2D eigenvalue weighted by Gasteiger charge is 2.36. The van der Waals surface area contributed by atoms with Crippen molar-refractivity contribution in [2.24, 2.45) is 0 Å². The van der Waals surface area contributed by atoms with Gasteiger partial charge in [0, 0.05) is 24.8 Å². The van der Waals surface area contributed by atoms with Crippen LogP contribution in [0.1, 0.15) is 60.1 Å². The third kappa shape index (κ3) is 4.69. The molecule has 4 rings (SSSR count). The van der Waals surface area contributed by atoms with E-state index in [4.69, 9.17) is 0 Å². The molecule has 3 nitrogen and oxygen atoms in total. The van der Waals surface area contributed by atoms with Crippen LogP contribution in [0, 0.1) is 6.92 Å². The number of pyridine rings is 1. The van der Waals surface area contributed by atoms with Gasteiger partial charge in [-0.1, -0.05) is 42.3 Å².